The van der Waals surface area contributed by atoms with Gasteiger partial charge in [0.05, 0.1) is 13.8 Å². The Morgan fingerprint density at radius 3 is 2.39 bits per heavy atom. The average molecular weight is 259 g/mol. The van der Waals surface area contributed by atoms with Crippen LogP contribution in [0.2, 0.25) is 0 Å². The monoisotopic (exact) mass is 259 g/mol. The normalized spacial score (nSPS) is 11.7. The van der Waals surface area contributed by atoms with E-state index in [4.69, 9.17) is 9.47 Å². The lowest BCUT2D eigenvalue weighted by Gasteiger charge is -2.26. The van der Waals surface area contributed by atoms with Gasteiger partial charge in [-0.2, -0.15) is 0 Å². The molecule has 1 aromatic rings. The number of rotatable bonds is 6. The molecule has 102 valence electrons. The number of hydrogen-bond donors (Lipinski definition) is 1. The largest absolute Gasteiger partial charge is 0.494 e. The maximum Gasteiger partial charge on any atom is 0.165 e. The van der Waals surface area contributed by atoms with Crippen LogP contribution in [-0.4, -0.2) is 27.5 Å². The summed E-state index contributed by atoms with van der Waals surface area (Å²) in [5, 5.41) is 3.01. The van der Waals surface area contributed by atoms with Gasteiger partial charge in [-0.3, -0.25) is 5.32 Å². The molecule has 5 heteroatoms. The molecular weight excluding hydrogens is 240 g/mol. The number of nitrogens with one attached hydrogen (secondary N) is 1. The van der Waals surface area contributed by atoms with Crippen molar-refractivity contribution in [1.29, 1.82) is 0 Å². The Kier molecular flexibility index (Phi) is 5.04. The molecule has 0 saturated heterocycles. The second-order valence-electron chi connectivity index (χ2n) is 4.71. The van der Waals surface area contributed by atoms with Gasteiger partial charge in [-0.15, -0.1) is 0 Å². The maximum atomic E-state index is 13.9. The minimum Gasteiger partial charge on any atom is -0.494 e. The maximum absolute atomic E-state index is 13.9. The molecule has 3 nitrogen and oxygen atoms in total. The van der Waals surface area contributed by atoms with E-state index in [9.17, 15) is 8.78 Å². The molecule has 0 amide bonds. The molecule has 1 rings (SSSR count). The van der Waals surface area contributed by atoms with Crippen molar-refractivity contribution in [3.8, 4) is 5.75 Å². The van der Waals surface area contributed by atoms with Gasteiger partial charge in [0.25, 0.3) is 0 Å². The topological polar surface area (TPSA) is 30.5 Å². The smallest absolute Gasteiger partial charge is 0.165 e. The standard InChI is InChI=1S/C13H19F2NO2/c1-13(2,7-16-8-17-3)9-5-11(15)12(18-4)6-10(9)14/h5-6,16H,7-8H2,1-4H3. The quantitative estimate of drug-likeness (QED) is 0.629. The molecule has 0 aliphatic carbocycles. The second-order valence-corrected chi connectivity index (χ2v) is 4.71. The molecule has 0 radical (unpaired) electrons. The number of ether oxygens (including phenoxy) is 2. The van der Waals surface area contributed by atoms with E-state index < -0.39 is 17.0 Å². The molecule has 0 atom stereocenters. The number of halogens is 2. The lowest BCUT2D eigenvalue weighted by molar-refractivity contribution is 0.168. The third kappa shape index (κ3) is 3.40. The molecule has 1 aromatic carbocycles. The average Bonchev–Trinajstić information content (AvgIpc) is 2.31. The van der Waals surface area contributed by atoms with E-state index in [1.807, 2.05) is 13.8 Å². The summed E-state index contributed by atoms with van der Waals surface area (Å²) in [7, 11) is 2.87. The highest BCUT2D eigenvalue weighted by Gasteiger charge is 2.25. The summed E-state index contributed by atoms with van der Waals surface area (Å²) < 4.78 is 37.1. The predicted molar refractivity (Wildman–Crippen MR) is 65.8 cm³/mol. The first kappa shape index (κ1) is 14.9. The summed E-state index contributed by atoms with van der Waals surface area (Å²) in [6.45, 7) is 4.51. The van der Waals surface area contributed by atoms with Crippen LogP contribution >= 0.6 is 0 Å². The number of hydrogen-bond acceptors (Lipinski definition) is 3. The van der Waals surface area contributed by atoms with Crippen molar-refractivity contribution in [2.75, 3.05) is 27.5 Å². The molecule has 0 saturated carbocycles. The van der Waals surface area contributed by atoms with E-state index in [1.54, 1.807) is 7.11 Å². The predicted octanol–water partition coefficient (Wildman–Crippen LogP) is 2.44. The van der Waals surface area contributed by atoms with Crippen molar-refractivity contribution < 1.29 is 18.3 Å². The van der Waals surface area contributed by atoms with Gasteiger partial charge in [-0.1, -0.05) is 13.8 Å². The minimum absolute atomic E-state index is 0.0862. The Hall–Kier alpha value is -1.20. The van der Waals surface area contributed by atoms with Crippen LogP contribution in [0.4, 0.5) is 8.78 Å². The molecule has 0 unspecified atom stereocenters. The summed E-state index contributed by atoms with van der Waals surface area (Å²) in [6, 6.07) is 2.26. The molecule has 0 aliphatic heterocycles. The number of benzene rings is 1. The molecule has 0 aromatic heterocycles. The first-order valence-electron chi connectivity index (χ1n) is 5.65. The Bertz CT molecular complexity index is 408. The van der Waals surface area contributed by atoms with Gasteiger partial charge >= 0.3 is 0 Å². The van der Waals surface area contributed by atoms with Crippen LogP contribution in [0.5, 0.6) is 5.75 Å². The van der Waals surface area contributed by atoms with Crippen molar-refractivity contribution in [1.82, 2.24) is 5.32 Å². The van der Waals surface area contributed by atoms with E-state index in [-0.39, 0.29) is 5.75 Å². The van der Waals surface area contributed by atoms with E-state index >= 15 is 0 Å². The summed E-state index contributed by atoms with van der Waals surface area (Å²) >= 11 is 0. The summed E-state index contributed by atoms with van der Waals surface area (Å²) in [4.78, 5) is 0. The van der Waals surface area contributed by atoms with Gasteiger partial charge in [-0.25, -0.2) is 8.78 Å². The summed E-state index contributed by atoms with van der Waals surface area (Å²) in [5.41, 5.74) is -0.236. The molecule has 0 spiro atoms. The van der Waals surface area contributed by atoms with Crippen LogP contribution in [-0.2, 0) is 10.2 Å². The zero-order valence-electron chi connectivity index (χ0n) is 11.1. The molecule has 0 aliphatic rings. The van der Waals surface area contributed by atoms with Gasteiger partial charge in [0.2, 0.25) is 0 Å². The highest BCUT2D eigenvalue weighted by atomic mass is 19.1. The highest BCUT2D eigenvalue weighted by molar-refractivity contribution is 5.35. The van der Waals surface area contributed by atoms with Gasteiger partial charge in [-0.05, 0) is 11.6 Å². The molecule has 0 heterocycles. The van der Waals surface area contributed by atoms with E-state index in [0.717, 1.165) is 6.07 Å². The van der Waals surface area contributed by atoms with Crippen LogP contribution in [0.25, 0.3) is 0 Å². The zero-order chi connectivity index (χ0) is 13.8. The van der Waals surface area contributed by atoms with Crippen LogP contribution in [0.1, 0.15) is 19.4 Å². The highest BCUT2D eigenvalue weighted by Crippen LogP contribution is 2.30. The van der Waals surface area contributed by atoms with Crippen molar-refractivity contribution in [3.05, 3.63) is 29.3 Å². The zero-order valence-corrected chi connectivity index (χ0v) is 11.1. The van der Waals surface area contributed by atoms with Gasteiger partial charge < -0.3 is 9.47 Å². The Balaban J connectivity index is 2.97. The Morgan fingerprint density at radius 1 is 1.17 bits per heavy atom. The van der Waals surface area contributed by atoms with Crippen molar-refractivity contribution >= 4 is 0 Å². The SMILES string of the molecule is COCNCC(C)(C)c1cc(F)c(OC)cc1F. The van der Waals surface area contributed by atoms with Crippen LogP contribution in [0.3, 0.4) is 0 Å². The van der Waals surface area contributed by atoms with Gasteiger partial charge in [0, 0.05) is 25.1 Å². The fourth-order valence-corrected chi connectivity index (χ4v) is 1.76. The third-order valence-electron chi connectivity index (χ3n) is 2.78. The molecule has 0 fully saturated rings. The van der Waals surface area contributed by atoms with Crippen LogP contribution in [0.15, 0.2) is 12.1 Å². The fraction of sp³-hybridized carbons (Fsp3) is 0.538. The fourth-order valence-electron chi connectivity index (χ4n) is 1.76. The Morgan fingerprint density at radius 2 is 1.83 bits per heavy atom. The summed E-state index contributed by atoms with van der Waals surface area (Å²) in [5.74, 6) is -1.12. The van der Waals surface area contributed by atoms with Gasteiger partial charge in [0.1, 0.15) is 5.82 Å². The minimum atomic E-state index is -0.561. The lowest BCUT2D eigenvalue weighted by atomic mass is 9.84. The molecular formula is C13H19F2NO2. The molecule has 0 bridgehead atoms. The molecule has 1 N–H and O–H groups in total. The van der Waals surface area contributed by atoms with Crippen LogP contribution < -0.4 is 10.1 Å². The first-order valence-corrected chi connectivity index (χ1v) is 5.65. The second kappa shape index (κ2) is 6.11. The third-order valence-corrected chi connectivity index (χ3v) is 2.78. The Labute approximate surface area is 106 Å². The molecule has 18 heavy (non-hydrogen) atoms. The van der Waals surface area contributed by atoms with Crippen LogP contribution in [0, 0.1) is 11.6 Å². The van der Waals surface area contributed by atoms with Crippen molar-refractivity contribution in [2.45, 2.75) is 19.3 Å². The lowest BCUT2D eigenvalue weighted by Crippen LogP contribution is -2.34. The summed E-state index contributed by atoms with van der Waals surface area (Å²) in [6.07, 6.45) is 0. The first-order chi connectivity index (χ1) is 8.42. The van der Waals surface area contributed by atoms with E-state index in [1.165, 1.54) is 13.2 Å². The number of methoxy groups -OCH3 is 2. The van der Waals surface area contributed by atoms with E-state index in [2.05, 4.69) is 5.32 Å². The van der Waals surface area contributed by atoms with E-state index in [0.29, 0.717) is 18.8 Å². The van der Waals surface area contributed by atoms with Crippen molar-refractivity contribution in [3.63, 3.8) is 0 Å². The van der Waals surface area contributed by atoms with Gasteiger partial charge in [0.15, 0.2) is 11.6 Å². The van der Waals surface area contributed by atoms with Crippen molar-refractivity contribution in [2.24, 2.45) is 0 Å².